The standard InChI is InChI=1S/C36H39N5O6S2/c42-29-11-10-27(32-31(29)39-35(45)49-32)30(43)21-37-20-24-6-8-26(9-7-24)46-18-16-40-14-12-36(13-15-40)23-41(17-19-47-36)34(44)28-22-48-33(38-28)25-4-2-1-3-5-25/h1-11,22,30,37,42-43H,12-21,23H2,(H,39,45)/t30-/m0/s1. The van der Waals surface area contributed by atoms with Crippen LogP contribution in [-0.4, -0.2) is 94.0 Å². The number of phenolic OH excluding ortho intramolecular Hbond substituents is 1. The number of morpholine rings is 1. The molecule has 1 spiro atoms. The van der Waals surface area contributed by atoms with Crippen LogP contribution in [0.1, 0.15) is 40.6 Å². The van der Waals surface area contributed by atoms with E-state index in [1.165, 1.54) is 17.4 Å². The van der Waals surface area contributed by atoms with Crippen molar-refractivity contribution in [2.45, 2.75) is 31.1 Å². The van der Waals surface area contributed by atoms with Gasteiger partial charge in [0, 0.05) is 55.8 Å². The number of thiazole rings is 2. The van der Waals surface area contributed by atoms with Gasteiger partial charge in [-0.2, -0.15) is 0 Å². The number of aromatic nitrogens is 2. The molecule has 1 amide bonds. The number of piperidine rings is 1. The second kappa shape index (κ2) is 14.8. The van der Waals surface area contributed by atoms with Gasteiger partial charge in [0.05, 0.1) is 29.6 Å². The summed E-state index contributed by atoms with van der Waals surface area (Å²) in [4.78, 5) is 36.4. The van der Waals surface area contributed by atoms with Gasteiger partial charge in [-0.25, -0.2) is 4.98 Å². The number of ether oxygens (including phenoxy) is 2. The van der Waals surface area contributed by atoms with Gasteiger partial charge in [0.1, 0.15) is 34.3 Å². The molecule has 0 unspecified atom stereocenters. The molecule has 2 aliphatic heterocycles. The molecule has 2 aliphatic rings. The van der Waals surface area contributed by atoms with Gasteiger partial charge >= 0.3 is 4.87 Å². The van der Waals surface area contributed by atoms with Crippen LogP contribution >= 0.6 is 22.7 Å². The van der Waals surface area contributed by atoms with Crippen LogP contribution in [0.4, 0.5) is 0 Å². The van der Waals surface area contributed by atoms with E-state index in [1.54, 1.807) is 6.07 Å². The maximum atomic E-state index is 13.4. The van der Waals surface area contributed by atoms with Gasteiger partial charge in [-0.3, -0.25) is 14.5 Å². The second-order valence-corrected chi connectivity index (χ2v) is 14.4. The SMILES string of the molecule is O=C(c1csc(-c2ccccc2)n1)N1CCOC2(CCN(CCOc3ccc(CNC[C@H](O)c4ccc(O)c5[nH]c(=O)sc45)cc3)CC2)C1. The van der Waals surface area contributed by atoms with Crippen LogP contribution in [-0.2, 0) is 11.3 Å². The molecule has 5 aromatic rings. The normalized spacial score (nSPS) is 17.0. The number of rotatable bonds is 11. The number of aromatic hydroxyl groups is 1. The average molecular weight is 702 g/mol. The summed E-state index contributed by atoms with van der Waals surface area (Å²) in [5.41, 5.74) is 3.22. The quantitative estimate of drug-likeness (QED) is 0.155. The molecule has 3 aromatic carbocycles. The molecule has 2 fully saturated rings. The van der Waals surface area contributed by atoms with Gasteiger partial charge in [-0.15, -0.1) is 11.3 Å². The number of H-pyrrole nitrogens is 1. The Morgan fingerprint density at radius 1 is 1.08 bits per heavy atom. The Morgan fingerprint density at radius 3 is 2.67 bits per heavy atom. The zero-order valence-electron chi connectivity index (χ0n) is 27.0. The van der Waals surface area contributed by atoms with E-state index in [2.05, 4.69) is 20.2 Å². The molecule has 256 valence electrons. The molecule has 0 bridgehead atoms. The maximum absolute atomic E-state index is 13.4. The predicted octanol–water partition coefficient (Wildman–Crippen LogP) is 4.63. The van der Waals surface area contributed by atoms with E-state index < -0.39 is 6.10 Å². The molecule has 11 nitrogen and oxygen atoms in total. The van der Waals surface area contributed by atoms with Crippen molar-refractivity contribution in [2.75, 3.05) is 52.5 Å². The number of carbonyl (C=O) groups is 1. The van der Waals surface area contributed by atoms with Crippen LogP contribution < -0.4 is 14.9 Å². The zero-order chi connectivity index (χ0) is 33.8. The Labute approximate surface area is 291 Å². The summed E-state index contributed by atoms with van der Waals surface area (Å²) in [6.45, 7) is 5.70. The van der Waals surface area contributed by atoms with Crippen molar-refractivity contribution < 1.29 is 24.5 Å². The smallest absolute Gasteiger partial charge is 0.305 e. The molecular formula is C36H39N5O6S2. The summed E-state index contributed by atoms with van der Waals surface area (Å²) in [6.07, 6.45) is 0.899. The van der Waals surface area contributed by atoms with Gasteiger partial charge < -0.3 is 34.9 Å². The number of phenols is 1. The average Bonchev–Trinajstić information content (AvgIpc) is 3.78. The summed E-state index contributed by atoms with van der Waals surface area (Å²) in [7, 11) is 0. The monoisotopic (exact) mass is 701 g/mol. The van der Waals surface area contributed by atoms with E-state index >= 15 is 0 Å². The number of fused-ring (bicyclic) bond motifs is 1. The molecule has 1 atom stereocenters. The molecule has 2 saturated heterocycles. The fourth-order valence-corrected chi connectivity index (χ4v) is 8.23. The Hall–Kier alpha value is -4.11. The molecule has 0 saturated carbocycles. The van der Waals surface area contributed by atoms with E-state index in [9.17, 15) is 19.8 Å². The minimum Gasteiger partial charge on any atom is -0.506 e. The number of hydrogen-bond donors (Lipinski definition) is 4. The van der Waals surface area contributed by atoms with Crippen molar-refractivity contribution in [2.24, 2.45) is 0 Å². The summed E-state index contributed by atoms with van der Waals surface area (Å²) >= 11 is 2.48. The number of aromatic amines is 1. The van der Waals surface area contributed by atoms with E-state index in [1.807, 2.05) is 64.9 Å². The lowest BCUT2D eigenvalue weighted by atomic mass is 9.89. The fourth-order valence-electron chi connectivity index (χ4n) is 6.51. The van der Waals surface area contributed by atoms with Crippen molar-refractivity contribution in [1.82, 2.24) is 25.1 Å². The minimum absolute atomic E-state index is 0.00919. The van der Waals surface area contributed by atoms with Crippen molar-refractivity contribution in [3.05, 3.63) is 98.6 Å². The highest BCUT2D eigenvalue weighted by Gasteiger charge is 2.41. The largest absolute Gasteiger partial charge is 0.506 e. The Balaban J connectivity index is 0.828. The first kappa shape index (κ1) is 33.4. The van der Waals surface area contributed by atoms with Crippen LogP contribution in [0.3, 0.4) is 0 Å². The third-order valence-corrected chi connectivity index (χ3v) is 11.1. The predicted molar refractivity (Wildman–Crippen MR) is 191 cm³/mol. The highest BCUT2D eigenvalue weighted by Crippen LogP contribution is 2.33. The summed E-state index contributed by atoms with van der Waals surface area (Å²) in [6, 6.07) is 21.0. The molecule has 2 aromatic heterocycles. The van der Waals surface area contributed by atoms with Crippen molar-refractivity contribution >= 4 is 38.8 Å². The number of aliphatic hydroxyl groups is 1. The first-order chi connectivity index (χ1) is 23.9. The number of aliphatic hydroxyl groups excluding tert-OH is 1. The Bertz CT molecular complexity index is 1930. The lowest BCUT2D eigenvalue weighted by Crippen LogP contribution is -2.58. The van der Waals surface area contributed by atoms with E-state index in [0.29, 0.717) is 60.9 Å². The highest BCUT2D eigenvalue weighted by atomic mass is 32.1. The Kier molecular flexibility index (Phi) is 10.1. The van der Waals surface area contributed by atoms with E-state index in [-0.39, 0.29) is 22.1 Å². The first-order valence-corrected chi connectivity index (χ1v) is 18.2. The third kappa shape index (κ3) is 7.72. The molecule has 0 radical (unpaired) electrons. The van der Waals surface area contributed by atoms with Crippen molar-refractivity contribution in [3.63, 3.8) is 0 Å². The summed E-state index contributed by atoms with van der Waals surface area (Å²) in [5, 5.41) is 26.7. The summed E-state index contributed by atoms with van der Waals surface area (Å²) in [5.74, 6) is 0.766. The maximum Gasteiger partial charge on any atom is 0.305 e. The number of nitrogens with one attached hydrogen (secondary N) is 2. The van der Waals surface area contributed by atoms with E-state index in [0.717, 1.165) is 65.7 Å². The number of nitrogens with zero attached hydrogens (tertiary/aromatic N) is 3. The van der Waals surface area contributed by atoms with Crippen molar-refractivity contribution in [1.29, 1.82) is 0 Å². The number of amides is 1. The van der Waals surface area contributed by atoms with E-state index in [4.69, 9.17) is 9.47 Å². The van der Waals surface area contributed by atoms with Crippen LogP contribution in [0.15, 0.2) is 76.9 Å². The van der Waals surface area contributed by atoms with Crippen LogP contribution in [0.2, 0.25) is 0 Å². The fraction of sp³-hybridized carbons (Fsp3) is 0.361. The number of likely N-dealkylation sites (tertiary alicyclic amines) is 1. The number of carbonyl (C=O) groups excluding carboxylic acids is 1. The molecule has 4 N–H and O–H groups in total. The molecule has 49 heavy (non-hydrogen) atoms. The second-order valence-electron chi connectivity index (χ2n) is 12.5. The van der Waals surface area contributed by atoms with Gasteiger partial charge in [-0.05, 0) is 36.6 Å². The summed E-state index contributed by atoms with van der Waals surface area (Å²) < 4.78 is 12.9. The lowest BCUT2D eigenvalue weighted by Gasteiger charge is -2.47. The molecular weight excluding hydrogens is 663 g/mol. The third-order valence-electron chi connectivity index (χ3n) is 9.26. The van der Waals surface area contributed by atoms with Crippen molar-refractivity contribution in [3.8, 4) is 22.1 Å². The minimum atomic E-state index is -0.829. The van der Waals surface area contributed by atoms with Crippen LogP contribution in [0.5, 0.6) is 11.5 Å². The van der Waals surface area contributed by atoms with Gasteiger partial charge in [0.2, 0.25) is 0 Å². The number of benzene rings is 3. The molecule has 0 aliphatic carbocycles. The topological polar surface area (TPSA) is 140 Å². The van der Waals surface area contributed by atoms with Gasteiger partial charge in [0.15, 0.2) is 0 Å². The van der Waals surface area contributed by atoms with Gasteiger partial charge in [-0.1, -0.05) is 59.9 Å². The zero-order valence-corrected chi connectivity index (χ0v) is 28.6. The number of hydrogen-bond acceptors (Lipinski definition) is 11. The molecule has 7 rings (SSSR count). The van der Waals surface area contributed by atoms with Gasteiger partial charge in [0.25, 0.3) is 5.91 Å². The molecule has 4 heterocycles. The lowest BCUT2D eigenvalue weighted by molar-refractivity contribution is -0.127. The highest BCUT2D eigenvalue weighted by molar-refractivity contribution is 7.16. The first-order valence-electron chi connectivity index (χ1n) is 16.5. The van der Waals surface area contributed by atoms with Crippen LogP contribution in [0, 0.1) is 0 Å². The van der Waals surface area contributed by atoms with Crippen LogP contribution in [0.25, 0.3) is 20.8 Å². The Morgan fingerprint density at radius 2 is 1.88 bits per heavy atom. The molecule has 13 heteroatoms.